The first-order valence-electron chi connectivity index (χ1n) is 6.68. The molecular formula is C15H14ClNO7. The van der Waals surface area contributed by atoms with E-state index in [1.54, 1.807) is 0 Å². The van der Waals surface area contributed by atoms with Crippen LogP contribution in [0, 0.1) is 0 Å². The number of hydrogen-bond acceptors (Lipinski definition) is 7. The molecule has 128 valence electrons. The van der Waals surface area contributed by atoms with Gasteiger partial charge in [-0.15, -0.1) is 0 Å². The fraction of sp³-hybridized carbons (Fsp3) is 0.267. The minimum absolute atomic E-state index is 0.0255. The third kappa shape index (κ3) is 3.34. The fourth-order valence-corrected chi connectivity index (χ4v) is 2.39. The number of carboxylic acids is 1. The first-order chi connectivity index (χ1) is 11.4. The van der Waals surface area contributed by atoms with Gasteiger partial charge >= 0.3 is 17.9 Å². The van der Waals surface area contributed by atoms with Crippen molar-refractivity contribution in [2.24, 2.45) is 0 Å². The smallest absolute Gasteiger partial charge is 0.355 e. The standard InChI is InChI=1S/C15H14ClNO7/c1-22-14(20)10-6-24-7-17(12(10)15(21)23-2)8-3-4-11(16)9(5-8)13(18)19/h3-5H,6-7H2,1-2H3,(H,18,19). The first-order valence-corrected chi connectivity index (χ1v) is 7.06. The van der Waals surface area contributed by atoms with Crippen molar-refractivity contribution in [1.82, 2.24) is 0 Å². The molecule has 1 aliphatic rings. The summed E-state index contributed by atoms with van der Waals surface area (Å²) < 4.78 is 14.7. The lowest BCUT2D eigenvalue weighted by atomic mass is 10.1. The Labute approximate surface area is 142 Å². The summed E-state index contributed by atoms with van der Waals surface area (Å²) in [4.78, 5) is 36.6. The summed E-state index contributed by atoms with van der Waals surface area (Å²) in [5, 5.41) is 9.22. The molecule has 2 rings (SSSR count). The average Bonchev–Trinajstić information content (AvgIpc) is 2.59. The van der Waals surface area contributed by atoms with Gasteiger partial charge in [0.15, 0.2) is 0 Å². The molecule has 1 aromatic rings. The molecule has 0 atom stereocenters. The van der Waals surface area contributed by atoms with Crippen LogP contribution in [0.4, 0.5) is 5.69 Å². The predicted molar refractivity (Wildman–Crippen MR) is 82.8 cm³/mol. The molecule has 0 amide bonds. The third-order valence-corrected chi connectivity index (χ3v) is 3.65. The lowest BCUT2D eigenvalue weighted by Crippen LogP contribution is -2.38. The van der Waals surface area contributed by atoms with Crippen LogP contribution in [0.15, 0.2) is 29.5 Å². The van der Waals surface area contributed by atoms with Crippen molar-refractivity contribution < 1.29 is 33.7 Å². The molecule has 0 radical (unpaired) electrons. The lowest BCUT2D eigenvalue weighted by Gasteiger charge is -2.31. The molecule has 0 aromatic heterocycles. The molecule has 0 aliphatic carbocycles. The van der Waals surface area contributed by atoms with Crippen LogP contribution in [0.25, 0.3) is 0 Å². The van der Waals surface area contributed by atoms with Crippen LogP contribution >= 0.6 is 11.6 Å². The maximum absolute atomic E-state index is 12.1. The third-order valence-electron chi connectivity index (χ3n) is 3.33. The van der Waals surface area contributed by atoms with Crippen LogP contribution in [-0.2, 0) is 23.8 Å². The molecule has 1 aromatic carbocycles. The van der Waals surface area contributed by atoms with E-state index in [1.165, 1.54) is 37.3 Å². The minimum Gasteiger partial charge on any atom is -0.478 e. The number of anilines is 1. The van der Waals surface area contributed by atoms with Crippen LogP contribution in [0.3, 0.4) is 0 Å². The highest BCUT2D eigenvalue weighted by molar-refractivity contribution is 6.33. The second-order valence-corrected chi connectivity index (χ2v) is 5.09. The van der Waals surface area contributed by atoms with E-state index in [4.69, 9.17) is 21.1 Å². The Hall–Kier alpha value is -2.58. The highest BCUT2D eigenvalue weighted by Crippen LogP contribution is 2.29. The van der Waals surface area contributed by atoms with Crippen LogP contribution in [0.2, 0.25) is 5.02 Å². The number of benzene rings is 1. The molecule has 0 saturated carbocycles. The van der Waals surface area contributed by atoms with Gasteiger partial charge in [0, 0.05) is 5.69 Å². The molecule has 0 unspecified atom stereocenters. The topological polar surface area (TPSA) is 102 Å². The van der Waals surface area contributed by atoms with Crippen LogP contribution < -0.4 is 4.90 Å². The maximum atomic E-state index is 12.1. The monoisotopic (exact) mass is 355 g/mol. The zero-order chi connectivity index (χ0) is 17.9. The maximum Gasteiger partial charge on any atom is 0.355 e. The van der Waals surface area contributed by atoms with E-state index < -0.39 is 17.9 Å². The van der Waals surface area contributed by atoms with Gasteiger partial charge in [-0.3, -0.25) is 0 Å². The largest absolute Gasteiger partial charge is 0.478 e. The summed E-state index contributed by atoms with van der Waals surface area (Å²) >= 11 is 5.85. The number of hydrogen-bond donors (Lipinski definition) is 1. The zero-order valence-corrected chi connectivity index (χ0v) is 13.6. The Bertz CT molecular complexity index is 729. The van der Waals surface area contributed by atoms with E-state index in [-0.39, 0.29) is 35.2 Å². The zero-order valence-electron chi connectivity index (χ0n) is 12.9. The van der Waals surface area contributed by atoms with Crippen LogP contribution in [0.5, 0.6) is 0 Å². The van der Waals surface area contributed by atoms with Crippen LogP contribution in [-0.4, -0.2) is 50.6 Å². The molecular weight excluding hydrogens is 342 g/mol. The molecule has 1 heterocycles. The second kappa shape index (κ2) is 7.33. The summed E-state index contributed by atoms with van der Waals surface area (Å²) in [6, 6.07) is 4.15. The summed E-state index contributed by atoms with van der Waals surface area (Å²) in [7, 11) is 2.34. The number of rotatable bonds is 4. The summed E-state index contributed by atoms with van der Waals surface area (Å²) in [6.45, 7) is -0.210. The number of esters is 2. The molecule has 9 heteroatoms. The quantitative estimate of drug-likeness (QED) is 0.809. The highest BCUT2D eigenvalue weighted by Gasteiger charge is 2.32. The van der Waals surface area contributed by atoms with Gasteiger partial charge in [0.25, 0.3) is 0 Å². The number of carboxylic acid groups (broad SMARTS) is 1. The van der Waals surface area contributed by atoms with Gasteiger partial charge in [0.05, 0.1) is 37.0 Å². The average molecular weight is 356 g/mol. The Balaban J connectivity index is 2.59. The van der Waals surface area contributed by atoms with E-state index in [2.05, 4.69) is 4.74 Å². The molecule has 1 N–H and O–H groups in total. The number of ether oxygens (including phenoxy) is 3. The fourth-order valence-electron chi connectivity index (χ4n) is 2.19. The van der Waals surface area contributed by atoms with E-state index in [9.17, 15) is 19.5 Å². The van der Waals surface area contributed by atoms with Gasteiger partial charge in [-0.05, 0) is 18.2 Å². The predicted octanol–water partition coefficient (Wildman–Crippen LogP) is 1.43. The number of aromatic carboxylic acids is 1. The van der Waals surface area contributed by atoms with Crippen LogP contribution in [0.1, 0.15) is 10.4 Å². The van der Waals surface area contributed by atoms with E-state index >= 15 is 0 Å². The van der Waals surface area contributed by atoms with Crippen molar-refractivity contribution in [2.75, 3.05) is 32.5 Å². The number of nitrogens with zero attached hydrogens (tertiary/aromatic N) is 1. The van der Waals surface area contributed by atoms with Crippen molar-refractivity contribution in [1.29, 1.82) is 0 Å². The SMILES string of the molecule is COC(=O)C1=C(C(=O)OC)N(c2ccc(Cl)c(C(=O)O)c2)COC1. The summed E-state index contributed by atoms with van der Waals surface area (Å²) in [5.74, 6) is -2.74. The van der Waals surface area contributed by atoms with Gasteiger partial charge in [0.1, 0.15) is 12.4 Å². The van der Waals surface area contributed by atoms with Gasteiger partial charge in [-0.1, -0.05) is 11.6 Å². The molecule has 24 heavy (non-hydrogen) atoms. The van der Waals surface area contributed by atoms with E-state index in [1.807, 2.05) is 0 Å². The normalized spacial score (nSPS) is 14.4. The Morgan fingerprint density at radius 2 is 1.88 bits per heavy atom. The van der Waals surface area contributed by atoms with Crippen molar-refractivity contribution in [2.45, 2.75) is 0 Å². The van der Waals surface area contributed by atoms with Crippen molar-refractivity contribution in [3.8, 4) is 0 Å². The number of methoxy groups -OCH3 is 2. The van der Waals surface area contributed by atoms with Gasteiger partial charge in [-0.25, -0.2) is 14.4 Å². The molecule has 8 nitrogen and oxygen atoms in total. The highest BCUT2D eigenvalue weighted by atomic mass is 35.5. The molecule has 0 saturated heterocycles. The van der Waals surface area contributed by atoms with Crippen molar-refractivity contribution in [3.63, 3.8) is 0 Å². The summed E-state index contributed by atoms with van der Waals surface area (Å²) in [5.41, 5.74) is 0.0542. The van der Waals surface area contributed by atoms with Crippen molar-refractivity contribution >= 4 is 35.2 Å². The molecule has 0 fully saturated rings. The lowest BCUT2D eigenvalue weighted by molar-refractivity contribution is -0.140. The van der Waals surface area contributed by atoms with Crippen molar-refractivity contribution in [3.05, 3.63) is 40.1 Å². The number of halogens is 1. The first kappa shape index (κ1) is 17.8. The Morgan fingerprint density at radius 3 is 2.46 bits per heavy atom. The van der Waals surface area contributed by atoms with Gasteiger partial charge in [-0.2, -0.15) is 0 Å². The summed E-state index contributed by atoms with van der Waals surface area (Å²) in [6.07, 6.45) is 0. The van der Waals surface area contributed by atoms with E-state index in [0.29, 0.717) is 5.69 Å². The molecule has 0 spiro atoms. The Morgan fingerprint density at radius 1 is 1.21 bits per heavy atom. The minimum atomic E-state index is -1.23. The van der Waals surface area contributed by atoms with Gasteiger partial charge < -0.3 is 24.2 Å². The Kier molecular flexibility index (Phi) is 5.42. The number of carbonyl (C=O) groups is 3. The molecule has 1 aliphatic heterocycles. The molecule has 0 bridgehead atoms. The second-order valence-electron chi connectivity index (χ2n) is 4.69. The number of carbonyl (C=O) groups excluding carboxylic acids is 2. The van der Waals surface area contributed by atoms with E-state index in [0.717, 1.165) is 0 Å². The van der Waals surface area contributed by atoms with Gasteiger partial charge in [0.2, 0.25) is 0 Å².